The maximum atomic E-state index is 16.2. The van der Waals surface area contributed by atoms with Gasteiger partial charge in [0.05, 0.1) is 28.1 Å². The third-order valence-electron chi connectivity index (χ3n) is 10.3. The van der Waals surface area contributed by atoms with E-state index >= 15 is 9.18 Å². The number of aliphatic imine (C=N–C) groups is 1. The van der Waals surface area contributed by atoms with Gasteiger partial charge in [-0.15, -0.1) is 0 Å². The van der Waals surface area contributed by atoms with Gasteiger partial charge in [0.2, 0.25) is 0 Å². The molecule has 2 atom stereocenters. The van der Waals surface area contributed by atoms with Gasteiger partial charge in [0.1, 0.15) is 18.8 Å². The van der Waals surface area contributed by atoms with Crippen molar-refractivity contribution in [2.45, 2.75) is 82.2 Å². The molecule has 1 aliphatic heterocycles. The van der Waals surface area contributed by atoms with Crippen molar-refractivity contribution in [1.29, 1.82) is 0 Å². The Morgan fingerprint density at radius 2 is 1.75 bits per heavy atom. The van der Waals surface area contributed by atoms with E-state index < -0.39 is 81.1 Å². The van der Waals surface area contributed by atoms with Gasteiger partial charge in [0.25, 0.3) is 18.3 Å². The van der Waals surface area contributed by atoms with Gasteiger partial charge in [-0.2, -0.15) is 5.10 Å². The van der Waals surface area contributed by atoms with Crippen LogP contribution in [0.25, 0.3) is 16.8 Å². The molecule has 2 aliphatic rings. The fourth-order valence-corrected chi connectivity index (χ4v) is 8.06. The number of nitrogens with two attached hydrogens (primary N) is 1. The second-order valence-corrected chi connectivity index (χ2v) is 18.2. The van der Waals surface area contributed by atoms with Crippen molar-refractivity contribution in [2.75, 3.05) is 12.9 Å². The van der Waals surface area contributed by atoms with Gasteiger partial charge in [-0.3, -0.25) is 14.5 Å². The van der Waals surface area contributed by atoms with Crippen LogP contribution in [0.5, 0.6) is 0 Å². The van der Waals surface area contributed by atoms with E-state index in [-0.39, 0.29) is 63.1 Å². The molecule has 1 fully saturated rings. The van der Waals surface area contributed by atoms with Crippen molar-refractivity contribution in [1.82, 2.24) is 19.7 Å². The molecule has 0 bridgehead atoms. The largest absolute Gasteiger partial charge is 0.463 e. The summed E-state index contributed by atoms with van der Waals surface area (Å²) in [7, 11) is -3.61. The summed E-state index contributed by atoms with van der Waals surface area (Å²) in [5.74, 6) is -6.77. The summed E-state index contributed by atoms with van der Waals surface area (Å²) in [5, 5.41) is 3.86. The molecule has 1 aliphatic carbocycles. The van der Waals surface area contributed by atoms with Crippen molar-refractivity contribution >= 4 is 39.3 Å². The highest BCUT2D eigenvalue weighted by atomic mass is 35.5. The molecular weight excluding hydrogens is 795 g/mol. The Morgan fingerprint density at radius 3 is 2.35 bits per heavy atom. The van der Waals surface area contributed by atoms with Crippen LogP contribution in [0, 0.1) is 16.6 Å². The number of sulfone groups is 1. The first-order valence-corrected chi connectivity index (χ1v) is 20.0. The van der Waals surface area contributed by atoms with Crippen molar-refractivity contribution in [2.24, 2.45) is 21.6 Å². The van der Waals surface area contributed by atoms with Crippen LogP contribution < -0.4 is 5.73 Å². The van der Waals surface area contributed by atoms with Crippen LogP contribution in [0.4, 0.5) is 22.0 Å². The minimum absolute atomic E-state index is 0.0123. The molecule has 2 heterocycles. The third-order valence-corrected chi connectivity index (χ3v) is 11.7. The number of esters is 1. The normalized spacial score (nSPS) is 18.8. The number of rotatable bonds is 13. The summed E-state index contributed by atoms with van der Waals surface area (Å²) in [6.45, 7) is 5.59. The SMILES string of the molecule is CC(C)(C)C[C@]1(c2ccc(-c3cccc(S(C)(=O)=O)c3)c(F)c2)N=C(N)N([C@H](COC(=O)CC2(C(C)(F)F)CC2)c2ccc(Cl)c(-n3ncnc3C(F)F)c2)C1=O. The Balaban J connectivity index is 1.43. The van der Waals surface area contributed by atoms with E-state index in [0.29, 0.717) is 0 Å². The van der Waals surface area contributed by atoms with Crippen molar-refractivity contribution in [3.05, 3.63) is 94.8 Å². The summed E-state index contributed by atoms with van der Waals surface area (Å²) in [5.41, 5.74) is 3.01. The molecule has 304 valence electrons. The lowest BCUT2D eigenvalue weighted by Gasteiger charge is -2.35. The molecule has 1 aromatic heterocycles. The van der Waals surface area contributed by atoms with Gasteiger partial charge in [0, 0.05) is 17.2 Å². The molecule has 57 heavy (non-hydrogen) atoms. The number of carbonyl (C=O) groups excluding carboxylic acids is 2. The Kier molecular flexibility index (Phi) is 10.8. The highest BCUT2D eigenvalue weighted by Gasteiger charge is 2.60. The van der Waals surface area contributed by atoms with Gasteiger partial charge in [-0.05, 0) is 78.6 Å². The van der Waals surface area contributed by atoms with Gasteiger partial charge in [-0.1, -0.05) is 62.7 Å². The molecule has 6 rings (SSSR count). The molecule has 0 saturated heterocycles. The summed E-state index contributed by atoms with van der Waals surface area (Å²) in [4.78, 5) is 37.5. The van der Waals surface area contributed by atoms with Gasteiger partial charge in [-0.25, -0.2) is 45.0 Å². The minimum atomic E-state index is -3.61. The number of hydrogen-bond donors (Lipinski definition) is 1. The number of aromatic nitrogens is 3. The quantitative estimate of drug-likeness (QED) is 0.105. The van der Waals surface area contributed by atoms with E-state index in [1.165, 1.54) is 48.5 Å². The maximum Gasteiger partial charge on any atom is 0.306 e. The lowest BCUT2D eigenvalue weighted by Crippen LogP contribution is -2.47. The average molecular weight is 835 g/mol. The predicted octanol–water partition coefficient (Wildman–Crippen LogP) is 7.97. The Bertz CT molecular complexity index is 2370. The molecule has 18 heteroatoms. The first-order valence-electron chi connectivity index (χ1n) is 17.8. The number of benzene rings is 3. The monoisotopic (exact) mass is 834 g/mol. The number of carbonyl (C=O) groups is 2. The van der Waals surface area contributed by atoms with Gasteiger partial charge in [0.15, 0.2) is 27.2 Å². The van der Waals surface area contributed by atoms with E-state index in [0.717, 1.165) is 35.2 Å². The smallest absolute Gasteiger partial charge is 0.306 e. The van der Waals surface area contributed by atoms with E-state index in [1.807, 2.05) is 20.8 Å². The van der Waals surface area contributed by atoms with Crippen LogP contribution in [0.2, 0.25) is 5.02 Å². The average Bonchev–Trinajstić information content (AvgIpc) is 3.66. The maximum absolute atomic E-state index is 16.2. The van der Waals surface area contributed by atoms with Crippen LogP contribution in [0.3, 0.4) is 0 Å². The van der Waals surface area contributed by atoms with Gasteiger partial charge < -0.3 is 10.5 Å². The van der Waals surface area contributed by atoms with Crippen LogP contribution in [0.1, 0.15) is 82.8 Å². The third kappa shape index (κ3) is 8.26. The second-order valence-electron chi connectivity index (χ2n) is 15.8. The molecular formula is C39H40ClF5N6O5S. The minimum Gasteiger partial charge on any atom is -0.463 e. The van der Waals surface area contributed by atoms with E-state index in [9.17, 15) is 30.8 Å². The molecule has 11 nitrogen and oxygen atoms in total. The number of ether oxygens (including phenoxy) is 1. The summed E-state index contributed by atoms with van der Waals surface area (Å²) in [6, 6.07) is 12.5. The zero-order chi connectivity index (χ0) is 41.9. The highest BCUT2D eigenvalue weighted by Crippen LogP contribution is 2.59. The molecule has 2 N–H and O–H groups in total. The van der Waals surface area contributed by atoms with Crippen molar-refractivity contribution in [3.63, 3.8) is 0 Å². The molecule has 3 aromatic carbocycles. The van der Waals surface area contributed by atoms with E-state index in [4.69, 9.17) is 22.1 Å². The highest BCUT2D eigenvalue weighted by molar-refractivity contribution is 7.90. The molecule has 0 spiro atoms. The fraction of sp³-hybridized carbons (Fsp3) is 0.410. The summed E-state index contributed by atoms with van der Waals surface area (Å²) >= 11 is 6.45. The number of nitrogens with zero attached hydrogens (tertiary/aromatic N) is 5. The number of hydrogen-bond acceptors (Lipinski definition) is 9. The standard InChI is InChI=1S/C39H40ClF5N6O5S/c1-36(2,3)20-39(24-10-11-26(28(41)17-24)22-7-6-8-25(15-22)57(5,54)55)34(53)50(35(46)49-39)30(19-56-31(52)18-38(13-14-38)37(4,44)45)23-9-12-27(40)29(16-23)51-33(32(42)43)47-21-48-51/h6-12,15-17,21,30,32H,13-14,18-20H2,1-5H3,(H2,46,49)/t30-,39-/m1/s1. The number of alkyl halides is 4. The zero-order valence-corrected chi connectivity index (χ0v) is 33.1. The summed E-state index contributed by atoms with van der Waals surface area (Å²) in [6.07, 6.45) is -1.51. The lowest BCUT2D eigenvalue weighted by molar-refractivity contribution is -0.153. The van der Waals surface area contributed by atoms with Crippen molar-refractivity contribution in [3.8, 4) is 16.8 Å². The van der Waals surface area contributed by atoms with Gasteiger partial charge >= 0.3 is 5.97 Å². The molecule has 0 unspecified atom stereocenters. The fourth-order valence-electron chi connectivity index (χ4n) is 7.20. The zero-order valence-electron chi connectivity index (χ0n) is 31.6. The van der Waals surface area contributed by atoms with Crippen LogP contribution >= 0.6 is 11.6 Å². The van der Waals surface area contributed by atoms with E-state index in [2.05, 4.69) is 15.1 Å². The first kappa shape index (κ1) is 41.7. The van der Waals surface area contributed by atoms with Crippen LogP contribution in [0.15, 0.2) is 76.9 Å². The van der Waals surface area contributed by atoms with Crippen LogP contribution in [-0.2, 0) is 29.7 Å². The van der Waals surface area contributed by atoms with E-state index in [1.54, 1.807) is 6.07 Å². The predicted molar refractivity (Wildman–Crippen MR) is 201 cm³/mol. The Hall–Kier alpha value is -4.90. The number of guanidine groups is 1. The summed E-state index contributed by atoms with van der Waals surface area (Å²) < 4.78 is 104. The molecule has 1 saturated carbocycles. The second kappa shape index (κ2) is 14.8. The number of amides is 1. The molecule has 1 amide bonds. The Morgan fingerprint density at radius 1 is 1.05 bits per heavy atom. The lowest BCUT2D eigenvalue weighted by atomic mass is 9.75. The first-order chi connectivity index (χ1) is 26.5. The number of halogens is 6. The topological polar surface area (TPSA) is 150 Å². The van der Waals surface area contributed by atoms with Crippen LogP contribution in [-0.4, -0.2) is 64.7 Å². The molecule has 4 aromatic rings. The molecule has 0 radical (unpaired) electrons. The van der Waals surface area contributed by atoms with Crippen molar-refractivity contribution < 1.29 is 44.7 Å². The Labute approximate surface area is 331 Å².